The maximum atomic E-state index is 13.7. The highest BCUT2D eigenvalue weighted by Gasteiger charge is 2.14. The zero-order valence-corrected chi connectivity index (χ0v) is 12.3. The zero-order valence-electron chi connectivity index (χ0n) is 11.4. The van der Waals surface area contributed by atoms with Crippen molar-refractivity contribution in [3.05, 3.63) is 58.9 Å². The van der Waals surface area contributed by atoms with Gasteiger partial charge in [-0.3, -0.25) is 4.79 Å². The number of hydrogen-bond donors (Lipinski definition) is 2. The summed E-state index contributed by atoms with van der Waals surface area (Å²) in [6.07, 6.45) is 0.798. The third-order valence-electron chi connectivity index (χ3n) is 3.17. The van der Waals surface area contributed by atoms with E-state index in [1.54, 1.807) is 0 Å². The lowest BCUT2D eigenvalue weighted by Gasteiger charge is -2.13. The summed E-state index contributed by atoms with van der Waals surface area (Å²) in [6.45, 7) is 3.93. The van der Waals surface area contributed by atoms with Gasteiger partial charge in [-0.15, -0.1) is 12.6 Å². The molecule has 1 N–H and O–H groups in total. The van der Waals surface area contributed by atoms with Crippen molar-refractivity contribution in [1.29, 1.82) is 0 Å². The second-order valence-corrected chi connectivity index (χ2v) is 5.10. The van der Waals surface area contributed by atoms with Crippen LogP contribution in [0.5, 0.6) is 0 Å². The lowest BCUT2D eigenvalue weighted by molar-refractivity contribution is 0.102. The second-order valence-electron chi connectivity index (χ2n) is 4.58. The van der Waals surface area contributed by atoms with Gasteiger partial charge in [0.1, 0.15) is 5.82 Å². The summed E-state index contributed by atoms with van der Waals surface area (Å²) in [6, 6.07) is 10.0. The van der Waals surface area contributed by atoms with Gasteiger partial charge in [-0.25, -0.2) is 4.39 Å². The van der Waals surface area contributed by atoms with Crippen molar-refractivity contribution in [1.82, 2.24) is 0 Å². The van der Waals surface area contributed by atoms with Crippen LogP contribution in [0.4, 0.5) is 10.1 Å². The molecule has 0 radical (unpaired) electrons. The van der Waals surface area contributed by atoms with E-state index in [0.717, 1.165) is 23.2 Å². The average Bonchev–Trinajstić information content (AvgIpc) is 2.43. The van der Waals surface area contributed by atoms with Crippen LogP contribution in [0.25, 0.3) is 0 Å². The van der Waals surface area contributed by atoms with E-state index >= 15 is 0 Å². The SMILES string of the molecule is CCc1cccc(C)c1NC(=O)c1cc(S)ccc1F. The minimum Gasteiger partial charge on any atom is -0.321 e. The molecule has 104 valence electrons. The predicted molar refractivity (Wildman–Crippen MR) is 82.2 cm³/mol. The Morgan fingerprint density at radius 1 is 1.30 bits per heavy atom. The number of halogens is 1. The molecular formula is C16H16FNOS. The molecule has 0 aliphatic carbocycles. The maximum Gasteiger partial charge on any atom is 0.258 e. The highest BCUT2D eigenvalue weighted by Crippen LogP contribution is 2.23. The molecule has 0 saturated heterocycles. The number of benzene rings is 2. The van der Waals surface area contributed by atoms with Crippen molar-refractivity contribution in [2.24, 2.45) is 0 Å². The highest BCUT2D eigenvalue weighted by molar-refractivity contribution is 7.80. The fraction of sp³-hybridized carbons (Fsp3) is 0.188. The minimum atomic E-state index is -0.549. The van der Waals surface area contributed by atoms with Crippen molar-refractivity contribution in [2.75, 3.05) is 5.32 Å². The van der Waals surface area contributed by atoms with E-state index in [4.69, 9.17) is 0 Å². The number of carbonyl (C=O) groups excluding carboxylic acids is 1. The molecule has 2 aromatic rings. The number of hydrogen-bond acceptors (Lipinski definition) is 2. The molecule has 0 aliphatic rings. The fourth-order valence-corrected chi connectivity index (χ4v) is 2.27. The number of thiol groups is 1. The van der Waals surface area contributed by atoms with E-state index in [1.807, 2.05) is 32.0 Å². The number of anilines is 1. The zero-order chi connectivity index (χ0) is 14.7. The fourth-order valence-electron chi connectivity index (χ4n) is 2.07. The first kappa shape index (κ1) is 14.6. The van der Waals surface area contributed by atoms with E-state index in [2.05, 4.69) is 17.9 Å². The van der Waals surface area contributed by atoms with E-state index in [9.17, 15) is 9.18 Å². The largest absolute Gasteiger partial charge is 0.321 e. The Bertz CT molecular complexity index is 655. The molecule has 0 aromatic heterocycles. The molecule has 0 saturated carbocycles. The van der Waals surface area contributed by atoms with Gasteiger partial charge in [0.25, 0.3) is 5.91 Å². The minimum absolute atomic E-state index is 0.00260. The van der Waals surface area contributed by atoms with Crippen molar-refractivity contribution < 1.29 is 9.18 Å². The number of para-hydroxylation sites is 1. The van der Waals surface area contributed by atoms with E-state index in [0.29, 0.717) is 4.90 Å². The van der Waals surface area contributed by atoms with E-state index < -0.39 is 11.7 Å². The molecule has 0 aliphatic heterocycles. The van der Waals surface area contributed by atoms with Crippen LogP contribution in [0.2, 0.25) is 0 Å². The highest BCUT2D eigenvalue weighted by atomic mass is 32.1. The Morgan fingerprint density at radius 3 is 2.75 bits per heavy atom. The number of carbonyl (C=O) groups is 1. The summed E-state index contributed by atoms with van der Waals surface area (Å²) in [5.41, 5.74) is 2.74. The molecule has 1 amide bonds. The van der Waals surface area contributed by atoms with Gasteiger partial charge in [-0.05, 0) is 42.7 Å². The average molecular weight is 289 g/mol. The molecule has 0 heterocycles. The van der Waals surface area contributed by atoms with Crippen LogP contribution >= 0.6 is 12.6 Å². The van der Waals surface area contributed by atoms with Gasteiger partial charge < -0.3 is 5.32 Å². The molecule has 2 aromatic carbocycles. The molecule has 0 atom stereocenters. The Hall–Kier alpha value is -1.81. The summed E-state index contributed by atoms with van der Waals surface area (Å²) < 4.78 is 13.7. The van der Waals surface area contributed by atoms with Crippen molar-refractivity contribution in [2.45, 2.75) is 25.2 Å². The molecule has 20 heavy (non-hydrogen) atoms. The number of aryl methyl sites for hydroxylation is 2. The van der Waals surface area contributed by atoms with Crippen LogP contribution in [0.3, 0.4) is 0 Å². The van der Waals surface area contributed by atoms with Crippen LogP contribution in [0.1, 0.15) is 28.4 Å². The standard InChI is InChI=1S/C16H16FNOS/c1-3-11-6-4-5-10(2)15(11)18-16(19)13-9-12(20)7-8-14(13)17/h4-9,20H,3H2,1-2H3,(H,18,19). The third-order valence-corrected chi connectivity index (χ3v) is 3.45. The molecule has 0 fully saturated rings. The van der Waals surface area contributed by atoms with E-state index in [1.165, 1.54) is 18.2 Å². The second kappa shape index (κ2) is 6.09. The third kappa shape index (κ3) is 3.02. The van der Waals surface area contributed by atoms with E-state index in [-0.39, 0.29) is 5.56 Å². The van der Waals surface area contributed by atoms with Gasteiger partial charge in [0.05, 0.1) is 5.56 Å². The lowest BCUT2D eigenvalue weighted by atomic mass is 10.1. The summed E-state index contributed by atoms with van der Waals surface area (Å²) in [5, 5.41) is 2.80. The quantitative estimate of drug-likeness (QED) is 0.813. The lowest BCUT2D eigenvalue weighted by Crippen LogP contribution is -2.16. The van der Waals surface area contributed by atoms with Crippen LogP contribution < -0.4 is 5.32 Å². The number of nitrogens with one attached hydrogen (secondary N) is 1. The van der Waals surface area contributed by atoms with Gasteiger partial charge in [0.15, 0.2) is 0 Å². The van der Waals surface area contributed by atoms with Crippen molar-refractivity contribution in [3.8, 4) is 0 Å². The normalized spacial score (nSPS) is 10.4. The summed E-state index contributed by atoms with van der Waals surface area (Å²) in [4.78, 5) is 12.8. The number of amides is 1. The summed E-state index contributed by atoms with van der Waals surface area (Å²) >= 11 is 4.13. The van der Waals surface area contributed by atoms with Gasteiger partial charge in [0, 0.05) is 10.6 Å². The Kier molecular flexibility index (Phi) is 4.45. The molecule has 4 heteroatoms. The van der Waals surface area contributed by atoms with Crippen LogP contribution in [-0.4, -0.2) is 5.91 Å². The summed E-state index contributed by atoms with van der Waals surface area (Å²) in [5.74, 6) is -1.01. The van der Waals surface area contributed by atoms with Crippen LogP contribution in [0, 0.1) is 12.7 Å². The molecule has 0 spiro atoms. The monoisotopic (exact) mass is 289 g/mol. The Labute approximate surface area is 123 Å². The van der Waals surface area contributed by atoms with Gasteiger partial charge in [-0.2, -0.15) is 0 Å². The van der Waals surface area contributed by atoms with Gasteiger partial charge in [0.2, 0.25) is 0 Å². The first-order valence-corrected chi connectivity index (χ1v) is 6.86. The smallest absolute Gasteiger partial charge is 0.258 e. The first-order valence-electron chi connectivity index (χ1n) is 6.41. The molecule has 0 unspecified atom stereocenters. The maximum absolute atomic E-state index is 13.7. The Balaban J connectivity index is 2.35. The molecule has 2 nitrogen and oxygen atoms in total. The topological polar surface area (TPSA) is 29.1 Å². The Morgan fingerprint density at radius 2 is 2.05 bits per heavy atom. The van der Waals surface area contributed by atoms with Crippen molar-refractivity contribution in [3.63, 3.8) is 0 Å². The van der Waals surface area contributed by atoms with Crippen molar-refractivity contribution >= 4 is 24.2 Å². The van der Waals surface area contributed by atoms with Gasteiger partial charge in [-0.1, -0.05) is 25.1 Å². The molecule has 2 rings (SSSR count). The van der Waals surface area contributed by atoms with Crippen LogP contribution in [0.15, 0.2) is 41.3 Å². The van der Waals surface area contributed by atoms with Gasteiger partial charge >= 0.3 is 0 Å². The van der Waals surface area contributed by atoms with Crippen LogP contribution in [-0.2, 0) is 6.42 Å². The predicted octanol–water partition coefficient (Wildman–Crippen LogP) is 4.24. The molecule has 0 bridgehead atoms. The molecular weight excluding hydrogens is 273 g/mol. The first-order chi connectivity index (χ1) is 9.52. The summed E-state index contributed by atoms with van der Waals surface area (Å²) in [7, 11) is 0. The number of rotatable bonds is 3.